The molecule has 4 heteroatoms. The first-order valence-corrected chi connectivity index (χ1v) is 6.99. The molecule has 0 aromatic heterocycles. The van der Waals surface area contributed by atoms with E-state index in [1.165, 1.54) is 31.2 Å². The number of nitrogens with one attached hydrogen (secondary N) is 1. The van der Waals surface area contributed by atoms with Crippen LogP contribution in [0.1, 0.15) is 43.7 Å². The fraction of sp³-hybridized carbons (Fsp3) is 0.533. The summed E-state index contributed by atoms with van der Waals surface area (Å²) >= 11 is 0. The van der Waals surface area contributed by atoms with Gasteiger partial charge in [0.2, 0.25) is 0 Å². The summed E-state index contributed by atoms with van der Waals surface area (Å²) in [6.45, 7) is 3.22. The van der Waals surface area contributed by atoms with E-state index in [-0.39, 0.29) is 5.84 Å². The lowest BCUT2D eigenvalue weighted by Crippen LogP contribution is -2.32. The Labute approximate surface area is 114 Å². The highest BCUT2D eigenvalue weighted by Gasteiger charge is 2.17. The van der Waals surface area contributed by atoms with Crippen molar-refractivity contribution in [3.63, 3.8) is 0 Å². The van der Waals surface area contributed by atoms with Crippen molar-refractivity contribution in [2.45, 2.75) is 45.2 Å². The summed E-state index contributed by atoms with van der Waals surface area (Å²) in [5.74, 6) is 1.04. The van der Waals surface area contributed by atoms with Crippen LogP contribution in [0.5, 0.6) is 0 Å². The maximum Gasteiger partial charge on any atom is 0.170 e. The van der Waals surface area contributed by atoms with Gasteiger partial charge in [0.1, 0.15) is 0 Å². The van der Waals surface area contributed by atoms with Gasteiger partial charge in [-0.25, -0.2) is 0 Å². The monoisotopic (exact) mass is 261 g/mol. The zero-order valence-electron chi connectivity index (χ0n) is 11.5. The molecule has 1 aliphatic carbocycles. The van der Waals surface area contributed by atoms with Crippen LogP contribution in [0.3, 0.4) is 0 Å². The van der Waals surface area contributed by atoms with Gasteiger partial charge in [0.15, 0.2) is 5.84 Å². The number of rotatable bonds is 4. The average molecular weight is 261 g/mol. The first kappa shape index (κ1) is 13.9. The van der Waals surface area contributed by atoms with Crippen molar-refractivity contribution in [2.75, 3.05) is 0 Å². The first-order chi connectivity index (χ1) is 9.19. The first-order valence-electron chi connectivity index (χ1n) is 6.99. The summed E-state index contributed by atoms with van der Waals surface area (Å²) in [6, 6.07) is 8.46. The second-order valence-corrected chi connectivity index (χ2v) is 5.52. The lowest BCUT2D eigenvalue weighted by molar-refractivity contribution is 0.306. The van der Waals surface area contributed by atoms with E-state index in [1.54, 1.807) is 0 Å². The number of hydrogen-bond acceptors (Lipinski definition) is 3. The summed E-state index contributed by atoms with van der Waals surface area (Å²) in [6.07, 6.45) is 5.23. The Morgan fingerprint density at radius 1 is 1.26 bits per heavy atom. The Morgan fingerprint density at radius 3 is 2.47 bits per heavy atom. The summed E-state index contributed by atoms with van der Waals surface area (Å²) in [4.78, 5) is 0. The van der Waals surface area contributed by atoms with Crippen LogP contribution < -0.4 is 11.1 Å². The van der Waals surface area contributed by atoms with Crippen LogP contribution in [0.2, 0.25) is 0 Å². The van der Waals surface area contributed by atoms with Gasteiger partial charge in [0.25, 0.3) is 0 Å². The van der Waals surface area contributed by atoms with E-state index < -0.39 is 0 Å². The van der Waals surface area contributed by atoms with Crippen LogP contribution in [0.4, 0.5) is 0 Å². The molecule has 1 aromatic carbocycles. The summed E-state index contributed by atoms with van der Waals surface area (Å²) in [5.41, 5.74) is 7.51. The van der Waals surface area contributed by atoms with Crippen LogP contribution >= 0.6 is 0 Å². The molecule has 0 heterocycles. The molecule has 1 aliphatic rings. The molecule has 19 heavy (non-hydrogen) atoms. The standard InChI is InChI=1S/C15H23N3O/c1-11-2-8-14(9-3-11)17-10-12-4-6-13(7-5-12)15(16)18-19/h4-7,11,14,17,19H,2-3,8-10H2,1H3,(H2,16,18). The number of hydrogen-bond donors (Lipinski definition) is 3. The van der Waals surface area contributed by atoms with Crippen molar-refractivity contribution in [2.24, 2.45) is 16.8 Å². The smallest absolute Gasteiger partial charge is 0.170 e. The van der Waals surface area contributed by atoms with Gasteiger partial charge in [0.05, 0.1) is 0 Å². The molecule has 4 N–H and O–H groups in total. The van der Waals surface area contributed by atoms with Gasteiger partial charge in [-0.3, -0.25) is 0 Å². The minimum atomic E-state index is 0.153. The SMILES string of the molecule is CC1CCC(NCc2ccc(C(N)=NO)cc2)CC1. The van der Waals surface area contributed by atoms with E-state index in [1.807, 2.05) is 24.3 Å². The molecular formula is C15H23N3O. The molecule has 0 atom stereocenters. The fourth-order valence-corrected chi connectivity index (χ4v) is 2.58. The van der Waals surface area contributed by atoms with Gasteiger partial charge < -0.3 is 16.3 Å². The minimum absolute atomic E-state index is 0.153. The molecule has 2 rings (SSSR count). The normalized spacial score (nSPS) is 24.4. The van der Waals surface area contributed by atoms with E-state index >= 15 is 0 Å². The maximum absolute atomic E-state index is 8.60. The van der Waals surface area contributed by atoms with Gasteiger partial charge in [-0.15, -0.1) is 0 Å². The molecule has 104 valence electrons. The Balaban J connectivity index is 1.83. The van der Waals surface area contributed by atoms with Crippen LogP contribution in [-0.2, 0) is 6.54 Å². The summed E-state index contributed by atoms with van der Waals surface area (Å²) < 4.78 is 0. The minimum Gasteiger partial charge on any atom is -0.409 e. The second-order valence-electron chi connectivity index (χ2n) is 5.52. The van der Waals surface area contributed by atoms with Crippen LogP contribution in [0, 0.1) is 5.92 Å². The number of nitrogens with zero attached hydrogens (tertiary/aromatic N) is 1. The highest BCUT2D eigenvalue weighted by Crippen LogP contribution is 2.23. The quantitative estimate of drug-likeness (QED) is 0.337. The third kappa shape index (κ3) is 3.96. The van der Waals surface area contributed by atoms with E-state index in [9.17, 15) is 0 Å². The Morgan fingerprint density at radius 2 is 1.89 bits per heavy atom. The van der Waals surface area contributed by atoms with Gasteiger partial charge in [-0.1, -0.05) is 36.3 Å². The molecule has 0 aliphatic heterocycles. The molecule has 0 unspecified atom stereocenters. The number of nitrogens with two attached hydrogens (primary N) is 1. The predicted octanol–water partition coefficient (Wildman–Crippen LogP) is 2.45. The zero-order chi connectivity index (χ0) is 13.7. The zero-order valence-corrected chi connectivity index (χ0v) is 11.5. The van der Waals surface area contributed by atoms with Gasteiger partial charge >= 0.3 is 0 Å². The van der Waals surface area contributed by atoms with E-state index in [0.717, 1.165) is 18.0 Å². The number of benzene rings is 1. The number of oxime groups is 1. The molecule has 0 spiro atoms. The molecule has 1 saturated carbocycles. The lowest BCUT2D eigenvalue weighted by atomic mass is 9.87. The molecule has 0 radical (unpaired) electrons. The highest BCUT2D eigenvalue weighted by molar-refractivity contribution is 5.96. The topological polar surface area (TPSA) is 70.6 Å². The molecule has 0 amide bonds. The second kappa shape index (κ2) is 6.57. The maximum atomic E-state index is 8.60. The van der Waals surface area contributed by atoms with Crippen LogP contribution in [0.15, 0.2) is 29.4 Å². The van der Waals surface area contributed by atoms with Crippen molar-refractivity contribution in [3.8, 4) is 0 Å². The molecule has 0 bridgehead atoms. The van der Waals surface area contributed by atoms with Crippen molar-refractivity contribution in [1.82, 2.24) is 5.32 Å². The molecule has 1 aromatic rings. The fourth-order valence-electron chi connectivity index (χ4n) is 2.58. The lowest BCUT2D eigenvalue weighted by Gasteiger charge is -2.27. The van der Waals surface area contributed by atoms with Gasteiger partial charge in [0, 0.05) is 18.2 Å². The van der Waals surface area contributed by atoms with Crippen molar-refractivity contribution in [1.29, 1.82) is 0 Å². The van der Waals surface area contributed by atoms with Crippen molar-refractivity contribution >= 4 is 5.84 Å². The van der Waals surface area contributed by atoms with Gasteiger partial charge in [-0.05, 0) is 37.2 Å². The van der Waals surface area contributed by atoms with Crippen LogP contribution in [0.25, 0.3) is 0 Å². The van der Waals surface area contributed by atoms with Crippen molar-refractivity contribution in [3.05, 3.63) is 35.4 Å². The molecule has 0 saturated heterocycles. The van der Waals surface area contributed by atoms with Gasteiger partial charge in [-0.2, -0.15) is 0 Å². The van der Waals surface area contributed by atoms with E-state index in [4.69, 9.17) is 10.9 Å². The summed E-state index contributed by atoms with van der Waals surface area (Å²) in [7, 11) is 0. The Hall–Kier alpha value is -1.55. The van der Waals surface area contributed by atoms with Crippen molar-refractivity contribution < 1.29 is 5.21 Å². The molecule has 4 nitrogen and oxygen atoms in total. The number of amidine groups is 1. The van der Waals surface area contributed by atoms with E-state index in [0.29, 0.717) is 6.04 Å². The third-order valence-corrected chi connectivity index (χ3v) is 3.97. The highest BCUT2D eigenvalue weighted by atomic mass is 16.4. The Kier molecular flexibility index (Phi) is 4.80. The molecule has 1 fully saturated rings. The predicted molar refractivity (Wildman–Crippen MR) is 77.2 cm³/mol. The Bertz CT molecular complexity index is 420. The summed E-state index contributed by atoms with van der Waals surface area (Å²) in [5, 5.41) is 15.2. The molecular weight excluding hydrogens is 238 g/mol. The average Bonchev–Trinajstić information content (AvgIpc) is 2.46. The van der Waals surface area contributed by atoms with Crippen LogP contribution in [-0.4, -0.2) is 17.1 Å². The third-order valence-electron chi connectivity index (χ3n) is 3.97. The van der Waals surface area contributed by atoms with E-state index in [2.05, 4.69) is 17.4 Å². The largest absolute Gasteiger partial charge is 0.409 e.